The molecule has 1 aromatic heterocycles. The van der Waals surface area contributed by atoms with E-state index in [0.29, 0.717) is 15.7 Å². The summed E-state index contributed by atoms with van der Waals surface area (Å²) in [5.74, 6) is 0. The van der Waals surface area contributed by atoms with Gasteiger partial charge in [0.25, 0.3) is 0 Å². The number of hydrogen-bond acceptors (Lipinski definition) is 2. The number of nitrogens with zero attached hydrogens (tertiary/aromatic N) is 1. The fourth-order valence-corrected chi connectivity index (χ4v) is 2.31. The molecular weight excluding hydrogens is 255 g/mol. The molecule has 0 bridgehead atoms. The Bertz CT molecular complexity index is 738. The van der Waals surface area contributed by atoms with Gasteiger partial charge in [0.1, 0.15) is 0 Å². The molecule has 0 aliphatic rings. The highest BCUT2D eigenvalue weighted by atomic mass is 35.5. The van der Waals surface area contributed by atoms with Crippen molar-refractivity contribution >= 4 is 50.7 Å². The summed E-state index contributed by atoms with van der Waals surface area (Å²) >= 11 is 11.9. The number of halogens is 2. The van der Waals surface area contributed by atoms with E-state index < -0.39 is 0 Å². The molecule has 3 rings (SSSR count). The standard InChI is InChI=1S/C13H8Cl2N2/c14-9-2-1-7-3-8-4-10(15)5-11(16)13(8)17-12(7)6-9/h1-6H,16H2. The van der Waals surface area contributed by atoms with E-state index in [0.717, 1.165) is 21.8 Å². The third kappa shape index (κ3) is 1.79. The first-order chi connectivity index (χ1) is 8.13. The molecule has 0 atom stereocenters. The highest BCUT2D eigenvalue weighted by Gasteiger charge is 2.05. The first kappa shape index (κ1) is 10.6. The smallest absolute Gasteiger partial charge is 0.0939 e. The number of fused-ring (bicyclic) bond motifs is 2. The summed E-state index contributed by atoms with van der Waals surface area (Å²) in [4.78, 5) is 4.51. The van der Waals surface area contributed by atoms with E-state index in [-0.39, 0.29) is 0 Å². The van der Waals surface area contributed by atoms with Crippen molar-refractivity contribution in [2.24, 2.45) is 0 Å². The van der Waals surface area contributed by atoms with Crippen LogP contribution in [0.25, 0.3) is 21.8 Å². The minimum Gasteiger partial charge on any atom is -0.397 e. The Labute approximate surface area is 108 Å². The van der Waals surface area contributed by atoms with Gasteiger partial charge in [0.2, 0.25) is 0 Å². The second-order valence-corrected chi connectivity index (χ2v) is 4.77. The summed E-state index contributed by atoms with van der Waals surface area (Å²) in [5.41, 5.74) is 8.07. The average Bonchev–Trinajstić information content (AvgIpc) is 2.27. The van der Waals surface area contributed by atoms with Gasteiger partial charge in [0, 0.05) is 20.8 Å². The van der Waals surface area contributed by atoms with Crippen LogP contribution in [0.1, 0.15) is 0 Å². The molecular formula is C13H8Cl2N2. The van der Waals surface area contributed by atoms with Gasteiger partial charge in [0.15, 0.2) is 0 Å². The monoisotopic (exact) mass is 262 g/mol. The fraction of sp³-hybridized carbons (Fsp3) is 0. The van der Waals surface area contributed by atoms with Crippen LogP contribution in [-0.4, -0.2) is 4.98 Å². The lowest BCUT2D eigenvalue weighted by Crippen LogP contribution is -1.90. The summed E-state index contributed by atoms with van der Waals surface area (Å²) in [6.07, 6.45) is 0. The van der Waals surface area contributed by atoms with Crippen molar-refractivity contribution in [1.82, 2.24) is 4.98 Å². The molecule has 2 N–H and O–H groups in total. The summed E-state index contributed by atoms with van der Waals surface area (Å²) in [6, 6.07) is 11.2. The van der Waals surface area contributed by atoms with Crippen LogP contribution in [0.2, 0.25) is 10.0 Å². The topological polar surface area (TPSA) is 38.9 Å². The van der Waals surface area contributed by atoms with Crippen LogP contribution in [0.3, 0.4) is 0 Å². The molecule has 0 aliphatic heterocycles. The van der Waals surface area contributed by atoms with Gasteiger partial charge < -0.3 is 5.73 Å². The quantitative estimate of drug-likeness (QED) is 0.485. The Balaban J connectivity index is 2.48. The second-order valence-electron chi connectivity index (χ2n) is 3.89. The number of rotatable bonds is 0. The van der Waals surface area contributed by atoms with Crippen LogP contribution < -0.4 is 5.73 Å². The number of anilines is 1. The molecule has 0 saturated heterocycles. The number of benzene rings is 2. The Hall–Kier alpha value is -1.51. The third-order valence-electron chi connectivity index (χ3n) is 2.67. The molecule has 1 heterocycles. The predicted molar refractivity (Wildman–Crippen MR) is 73.7 cm³/mol. The molecule has 0 radical (unpaired) electrons. The van der Waals surface area contributed by atoms with Crippen molar-refractivity contribution < 1.29 is 0 Å². The lowest BCUT2D eigenvalue weighted by molar-refractivity contribution is 1.50. The van der Waals surface area contributed by atoms with Crippen molar-refractivity contribution in [3.63, 3.8) is 0 Å². The van der Waals surface area contributed by atoms with Gasteiger partial charge in [-0.3, -0.25) is 0 Å². The summed E-state index contributed by atoms with van der Waals surface area (Å²) in [6.45, 7) is 0. The molecule has 84 valence electrons. The Kier molecular flexibility index (Phi) is 2.35. The van der Waals surface area contributed by atoms with E-state index in [4.69, 9.17) is 28.9 Å². The molecule has 17 heavy (non-hydrogen) atoms. The van der Waals surface area contributed by atoms with Crippen molar-refractivity contribution in [3.05, 3.63) is 46.4 Å². The molecule has 3 aromatic rings. The molecule has 4 heteroatoms. The molecule has 2 aromatic carbocycles. The zero-order valence-corrected chi connectivity index (χ0v) is 10.3. The largest absolute Gasteiger partial charge is 0.397 e. The van der Waals surface area contributed by atoms with Crippen LogP contribution in [-0.2, 0) is 0 Å². The van der Waals surface area contributed by atoms with E-state index in [2.05, 4.69) is 4.98 Å². The van der Waals surface area contributed by atoms with Gasteiger partial charge in [0.05, 0.1) is 16.7 Å². The Morgan fingerprint density at radius 1 is 0.882 bits per heavy atom. The number of nitrogen functional groups attached to an aromatic ring is 1. The zero-order valence-electron chi connectivity index (χ0n) is 8.74. The van der Waals surface area contributed by atoms with Gasteiger partial charge in [-0.05, 0) is 30.3 Å². The lowest BCUT2D eigenvalue weighted by Gasteiger charge is -2.05. The Morgan fingerprint density at radius 2 is 1.71 bits per heavy atom. The van der Waals surface area contributed by atoms with Gasteiger partial charge in [-0.15, -0.1) is 0 Å². The maximum atomic E-state index is 5.97. The summed E-state index contributed by atoms with van der Waals surface area (Å²) < 4.78 is 0. The number of hydrogen-bond donors (Lipinski definition) is 1. The normalized spacial score (nSPS) is 11.2. The number of aromatic nitrogens is 1. The average molecular weight is 263 g/mol. The maximum absolute atomic E-state index is 5.97. The SMILES string of the molecule is Nc1cc(Cl)cc2cc3ccc(Cl)cc3nc12. The van der Waals surface area contributed by atoms with Crippen LogP contribution in [0.15, 0.2) is 36.4 Å². The van der Waals surface area contributed by atoms with Crippen molar-refractivity contribution in [1.29, 1.82) is 0 Å². The summed E-state index contributed by atoms with van der Waals surface area (Å²) in [5, 5.41) is 3.23. The Morgan fingerprint density at radius 3 is 2.53 bits per heavy atom. The summed E-state index contributed by atoms with van der Waals surface area (Å²) in [7, 11) is 0. The molecule has 0 unspecified atom stereocenters. The predicted octanol–water partition coefficient (Wildman–Crippen LogP) is 4.28. The minimum absolute atomic E-state index is 0.578. The number of pyridine rings is 1. The highest BCUT2D eigenvalue weighted by molar-refractivity contribution is 6.32. The van der Waals surface area contributed by atoms with Crippen LogP contribution in [0.5, 0.6) is 0 Å². The van der Waals surface area contributed by atoms with E-state index in [1.165, 1.54) is 0 Å². The molecule has 0 spiro atoms. The van der Waals surface area contributed by atoms with Crippen LogP contribution in [0, 0.1) is 0 Å². The molecule has 0 fully saturated rings. The van der Waals surface area contributed by atoms with Crippen LogP contribution >= 0.6 is 23.2 Å². The molecule has 2 nitrogen and oxygen atoms in total. The third-order valence-corrected chi connectivity index (χ3v) is 3.12. The first-order valence-corrected chi connectivity index (χ1v) is 5.84. The minimum atomic E-state index is 0.578. The molecule has 0 amide bonds. The van der Waals surface area contributed by atoms with Gasteiger partial charge in [-0.1, -0.05) is 29.3 Å². The van der Waals surface area contributed by atoms with E-state index in [1.54, 1.807) is 6.07 Å². The van der Waals surface area contributed by atoms with E-state index in [9.17, 15) is 0 Å². The van der Waals surface area contributed by atoms with Crippen molar-refractivity contribution in [3.8, 4) is 0 Å². The fourth-order valence-electron chi connectivity index (χ4n) is 1.90. The van der Waals surface area contributed by atoms with Crippen LogP contribution in [0.4, 0.5) is 5.69 Å². The van der Waals surface area contributed by atoms with E-state index in [1.807, 2.05) is 30.3 Å². The van der Waals surface area contributed by atoms with Gasteiger partial charge >= 0.3 is 0 Å². The lowest BCUT2D eigenvalue weighted by atomic mass is 10.1. The van der Waals surface area contributed by atoms with Crippen molar-refractivity contribution in [2.75, 3.05) is 5.73 Å². The second kappa shape index (κ2) is 3.76. The van der Waals surface area contributed by atoms with E-state index >= 15 is 0 Å². The maximum Gasteiger partial charge on any atom is 0.0939 e. The molecule has 0 saturated carbocycles. The highest BCUT2D eigenvalue weighted by Crippen LogP contribution is 2.28. The number of nitrogens with two attached hydrogens (primary N) is 1. The molecule has 0 aliphatic carbocycles. The van der Waals surface area contributed by atoms with Gasteiger partial charge in [-0.25, -0.2) is 4.98 Å². The van der Waals surface area contributed by atoms with Crippen molar-refractivity contribution in [2.45, 2.75) is 0 Å². The zero-order chi connectivity index (χ0) is 12.0. The van der Waals surface area contributed by atoms with Gasteiger partial charge in [-0.2, -0.15) is 0 Å². The first-order valence-electron chi connectivity index (χ1n) is 5.08.